The molecule has 3 atom stereocenters. The number of β-lactam (4-membered cyclic amide) rings is 1. The van der Waals surface area contributed by atoms with Crippen LogP contribution in [0.1, 0.15) is 18.5 Å². The molecule has 4 heterocycles. The van der Waals surface area contributed by atoms with Gasteiger partial charge >= 0.3 is 5.97 Å². The van der Waals surface area contributed by atoms with E-state index in [0.717, 1.165) is 28.0 Å². The van der Waals surface area contributed by atoms with Gasteiger partial charge in [-0.1, -0.05) is 28.7 Å². The van der Waals surface area contributed by atoms with E-state index < -0.39 is 28.7 Å². The van der Waals surface area contributed by atoms with Gasteiger partial charge in [-0.05, 0) is 18.9 Å². The molecule has 36 heavy (non-hydrogen) atoms. The summed E-state index contributed by atoms with van der Waals surface area (Å²) >= 11 is 7.52. The number of thioether (sulfide) groups is 1. The number of nitrogen functional groups attached to an aromatic ring is 1. The quantitative estimate of drug-likeness (QED) is 0.138. The highest BCUT2D eigenvalue weighted by Gasteiger charge is 2.65. The average Bonchev–Trinajstić information content (AvgIpc) is 3.65. The number of anilines is 1. The third kappa shape index (κ3) is 3.96. The van der Waals surface area contributed by atoms with Crippen LogP contribution in [0.15, 0.2) is 40.8 Å². The highest BCUT2D eigenvalue weighted by molar-refractivity contribution is 8.00. The zero-order valence-electron chi connectivity index (χ0n) is 18.3. The highest BCUT2D eigenvalue weighted by atomic mass is 32.2. The maximum Gasteiger partial charge on any atom is 0.354 e. The van der Waals surface area contributed by atoms with Crippen molar-refractivity contribution in [2.24, 2.45) is 5.16 Å². The number of aromatic nitrogens is 4. The highest BCUT2D eigenvalue weighted by Crippen LogP contribution is 2.46. The van der Waals surface area contributed by atoms with E-state index in [9.17, 15) is 19.5 Å². The van der Waals surface area contributed by atoms with Crippen LogP contribution in [0.2, 0.25) is 0 Å². The van der Waals surface area contributed by atoms with E-state index in [4.69, 9.17) is 22.8 Å². The summed E-state index contributed by atoms with van der Waals surface area (Å²) in [4.78, 5) is 49.6. The lowest BCUT2D eigenvalue weighted by atomic mass is 9.88. The van der Waals surface area contributed by atoms with Crippen LogP contribution in [-0.2, 0) is 19.2 Å². The van der Waals surface area contributed by atoms with Gasteiger partial charge in [-0.3, -0.25) is 14.5 Å². The van der Waals surface area contributed by atoms with Gasteiger partial charge in [0.2, 0.25) is 0 Å². The van der Waals surface area contributed by atoms with Gasteiger partial charge in [-0.25, -0.2) is 14.5 Å². The molecule has 0 saturated carbocycles. The third-order valence-corrected chi connectivity index (χ3v) is 8.11. The van der Waals surface area contributed by atoms with Crippen LogP contribution in [0.4, 0.5) is 5.13 Å². The Morgan fingerprint density at radius 2 is 2.28 bits per heavy atom. The van der Waals surface area contributed by atoms with Gasteiger partial charge in [0.05, 0.1) is 18.1 Å². The molecule has 16 heteroatoms. The lowest BCUT2D eigenvalue weighted by molar-refractivity contribution is -0.153. The molecule has 0 spiro atoms. The smallest absolute Gasteiger partial charge is 0.354 e. The van der Waals surface area contributed by atoms with E-state index in [0.29, 0.717) is 6.42 Å². The maximum atomic E-state index is 13.4. The summed E-state index contributed by atoms with van der Waals surface area (Å²) in [6.45, 7) is 0. The summed E-state index contributed by atoms with van der Waals surface area (Å²) in [6, 6.07) is 0. The third-order valence-electron chi connectivity index (χ3n) is 5.72. The number of thiazole rings is 1. The molecule has 0 aromatic carbocycles. The number of nitrogens with two attached hydrogens (primary N) is 1. The number of hydrogen-bond acceptors (Lipinski definition) is 12. The molecule has 0 radical (unpaired) electrons. The second-order valence-electron chi connectivity index (χ2n) is 7.89. The van der Waals surface area contributed by atoms with Gasteiger partial charge in [-0.15, -0.1) is 28.2 Å². The number of carboxylic acids is 1. The number of fused-ring (bicyclic) bond motifs is 1. The Balaban J connectivity index is 1.44. The van der Waals surface area contributed by atoms with Crippen molar-refractivity contribution in [3.8, 4) is 0 Å². The molecule has 2 aromatic heterocycles. The Hall–Kier alpha value is -3.63. The van der Waals surface area contributed by atoms with E-state index >= 15 is 0 Å². The second kappa shape index (κ2) is 9.44. The van der Waals surface area contributed by atoms with Crippen molar-refractivity contribution in [2.75, 3.05) is 11.5 Å². The number of thiocarbonyl (C=S) groups is 1. The Kier molecular flexibility index (Phi) is 6.31. The molecule has 2 aromatic rings. The van der Waals surface area contributed by atoms with Gasteiger partial charge in [0.15, 0.2) is 22.1 Å². The molecule has 1 aliphatic carbocycles. The minimum absolute atomic E-state index is 0.177. The Bertz CT molecular complexity index is 1340. The fourth-order valence-electron chi connectivity index (χ4n) is 4.01. The van der Waals surface area contributed by atoms with Gasteiger partial charge in [0.25, 0.3) is 11.8 Å². The number of nitrogens with one attached hydrogen (secondary N) is 1. The number of carbonyl (C=O) groups is 3. The first kappa shape index (κ1) is 24.1. The summed E-state index contributed by atoms with van der Waals surface area (Å²) in [6.07, 6.45) is 7.93. The van der Waals surface area contributed by atoms with E-state index in [1.165, 1.54) is 28.8 Å². The van der Waals surface area contributed by atoms with Crippen molar-refractivity contribution in [2.45, 2.75) is 29.9 Å². The number of amides is 2. The number of nitrogens with zero attached hydrogens (tertiary/aromatic N) is 6. The molecular weight excluding hydrogens is 528 g/mol. The monoisotopic (exact) mass is 546 g/mol. The molecule has 0 bridgehead atoms. The van der Waals surface area contributed by atoms with Crippen LogP contribution in [0.3, 0.4) is 0 Å². The zero-order valence-corrected chi connectivity index (χ0v) is 20.8. The summed E-state index contributed by atoms with van der Waals surface area (Å²) in [7, 11) is 0. The number of hydrogen-bond donors (Lipinski definition) is 3. The summed E-state index contributed by atoms with van der Waals surface area (Å²) in [5, 5.41) is 26.2. The van der Waals surface area contributed by atoms with Crippen LogP contribution >= 0.6 is 35.3 Å². The van der Waals surface area contributed by atoms with Crippen molar-refractivity contribution < 1.29 is 24.3 Å². The minimum atomic E-state index is -1.65. The standard InChI is InChI=1S/C20H18N8O5S3/c21-19-23-11(7-36-19)13(25-33-10-3-1-2-4-10)15(29)24-20(9-34)17(32)28-14(16(30)31)12(8-35-18(20)28)27-6-5-22-26-27/h1,3,5-7,9-10,18H,2,4,8H2,(H2,21,23)(H,24,29)(H,30,31)/t10?,18-,20?/m0/s1. The van der Waals surface area contributed by atoms with Crippen LogP contribution in [-0.4, -0.2) is 81.6 Å². The van der Waals surface area contributed by atoms with E-state index in [1.54, 1.807) is 5.38 Å². The molecule has 3 aliphatic rings. The first-order valence-electron chi connectivity index (χ1n) is 10.5. The molecule has 13 nitrogen and oxygen atoms in total. The maximum absolute atomic E-state index is 13.4. The molecule has 2 amide bonds. The first-order valence-corrected chi connectivity index (χ1v) is 12.9. The number of aliphatic carboxylic acids is 1. The van der Waals surface area contributed by atoms with E-state index in [-0.39, 0.29) is 39.8 Å². The van der Waals surface area contributed by atoms with Crippen molar-refractivity contribution >= 4 is 75.0 Å². The number of carbonyl (C=O) groups excluding carboxylic acids is 2. The minimum Gasteiger partial charge on any atom is -0.477 e. The molecule has 4 N–H and O–H groups in total. The molecule has 1 saturated heterocycles. The zero-order chi connectivity index (χ0) is 25.4. The predicted molar refractivity (Wildman–Crippen MR) is 135 cm³/mol. The predicted octanol–water partition coefficient (Wildman–Crippen LogP) is 0.479. The topological polar surface area (TPSA) is 178 Å². The summed E-state index contributed by atoms with van der Waals surface area (Å²) in [5.74, 6) is -2.60. The molecule has 2 unspecified atom stereocenters. The molecule has 2 aliphatic heterocycles. The SMILES string of the molecule is Nc1nc(C(=NOC2C=CCC2)C(=O)NC2(C=S)C(=O)N3C(C(=O)O)=C(n4ccnn4)CS[C@H]32)cs1. The second-order valence-corrected chi connectivity index (χ2v) is 10.1. The number of rotatable bonds is 8. The molecule has 5 rings (SSSR count). The number of allylic oxidation sites excluding steroid dienone is 1. The van der Waals surface area contributed by atoms with Gasteiger partial charge in [0, 0.05) is 16.5 Å². The number of oxime groups is 1. The van der Waals surface area contributed by atoms with Crippen LogP contribution in [0.5, 0.6) is 0 Å². The summed E-state index contributed by atoms with van der Waals surface area (Å²) in [5.41, 5.74) is 4.11. The van der Waals surface area contributed by atoms with Gasteiger partial charge in [0.1, 0.15) is 17.2 Å². The van der Waals surface area contributed by atoms with Gasteiger partial charge < -0.3 is 21.0 Å². The lowest BCUT2D eigenvalue weighted by Gasteiger charge is -2.55. The van der Waals surface area contributed by atoms with Crippen molar-refractivity contribution in [3.05, 3.63) is 41.3 Å². The molecule has 186 valence electrons. The number of carboxylic acid groups (broad SMARTS) is 1. The van der Waals surface area contributed by atoms with E-state index in [1.807, 2.05) is 12.2 Å². The van der Waals surface area contributed by atoms with E-state index in [2.05, 4.69) is 25.8 Å². The summed E-state index contributed by atoms with van der Waals surface area (Å²) < 4.78 is 1.29. The Morgan fingerprint density at radius 1 is 1.44 bits per heavy atom. The Morgan fingerprint density at radius 3 is 2.89 bits per heavy atom. The van der Waals surface area contributed by atoms with Gasteiger partial charge in [-0.2, -0.15) is 0 Å². The first-order chi connectivity index (χ1) is 17.4. The van der Waals surface area contributed by atoms with Crippen LogP contribution in [0, 0.1) is 0 Å². The van der Waals surface area contributed by atoms with Crippen molar-refractivity contribution in [1.29, 1.82) is 0 Å². The average molecular weight is 547 g/mol. The normalized spacial score (nSPS) is 25.4. The molecular formula is C20H18N8O5S3. The Labute approximate surface area is 217 Å². The largest absolute Gasteiger partial charge is 0.477 e. The molecule has 1 fully saturated rings. The van der Waals surface area contributed by atoms with Crippen molar-refractivity contribution in [3.63, 3.8) is 0 Å². The fourth-order valence-corrected chi connectivity index (χ4v) is 6.35. The van der Waals surface area contributed by atoms with Crippen molar-refractivity contribution in [1.82, 2.24) is 30.2 Å². The van der Waals surface area contributed by atoms with Crippen LogP contribution in [0.25, 0.3) is 5.70 Å². The lowest BCUT2D eigenvalue weighted by Crippen LogP contribution is -2.81. The van der Waals surface area contributed by atoms with Crippen LogP contribution < -0.4 is 11.1 Å². The fraction of sp³-hybridized carbons (Fsp3) is 0.300.